The molecule has 0 unspecified atom stereocenters. The first-order chi connectivity index (χ1) is 15.3. The standard InChI is InChI=1S/C24H23N3O4S/c1-12-6-8-16(13(2)10-12)25-23(29)20-14(3)19-22(28)26-21(27-24(19)32-20)15-7-9-17(30-4)18(11-15)31-5/h6-11H,1-5H3,(H,25,29)(H,26,27,28). The predicted molar refractivity (Wildman–Crippen MR) is 127 cm³/mol. The number of carbonyl (C=O) groups excluding carboxylic acids is 1. The normalized spacial score (nSPS) is 10.9. The molecule has 4 rings (SSSR count). The van der Waals surface area contributed by atoms with Gasteiger partial charge in [-0.05, 0) is 56.2 Å². The average Bonchev–Trinajstić information content (AvgIpc) is 3.12. The third-order valence-electron chi connectivity index (χ3n) is 5.29. The highest BCUT2D eigenvalue weighted by atomic mass is 32.1. The zero-order valence-electron chi connectivity index (χ0n) is 18.5. The van der Waals surface area contributed by atoms with Crippen molar-refractivity contribution in [1.29, 1.82) is 0 Å². The molecule has 0 aliphatic rings. The Morgan fingerprint density at radius 1 is 1.03 bits per heavy atom. The zero-order chi connectivity index (χ0) is 23.0. The monoisotopic (exact) mass is 449 g/mol. The Balaban J connectivity index is 1.75. The van der Waals surface area contributed by atoms with Gasteiger partial charge in [-0.25, -0.2) is 4.98 Å². The molecule has 164 valence electrons. The number of aromatic nitrogens is 2. The molecule has 0 saturated carbocycles. The van der Waals surface area contributed by atoms with Crippen LogP contribution in [-0.2, 0) is 0 Å². The summed E-state index contributed by atoms with van der Waals surface area (Å²) in [5, 5.41) is 3.37. The lowest BCUT2D eigenvalue weighted by molar-refractivity contribution is 0.103. The number of thiophene rings is 1. The molecular formula is C24H23N3O4S. The molecule has 0 atom stereocenters. The van der Waals surface area contributed by atoms with Crippen molar-refractivity contribution in [1.82, 2.24) is 9.97 Å². The van der Waals surface area contributed by atoms with E-state index in [1.54, 1.807) is 39.3 Å². The lowest BCUT2D eigenvalue weighted by atomic mass is 10.1. The second-order valence-corrected chi connectivity index (χ2v) is 8.49. The van der Waals surface area contributed by atoms with Crippen molar-refractivity contribution in [3.8, 4) is 22.9 Å². The van der Waals surface area contributed by atoms with Crippen LogP contribution in [0.3, 0.4) is 0 Å². The third kappa shape index (κ3) is 3.85. The first-order valence-electron chi connectivity index (χ1n) is 9.96. The van der Waals surface area contributed by atoms with Gasteiger partial charge in [0.2, 0.25) is 0 Å². The number of aromatic amines is 1. The second-order valence-electron chi connectivity index (χ2n) is 7.49. The van der Waals surface area contributed by atoms with Crippen LogP contribution >= 0.6 is 11.3 Å². The van der Waals surface area contributed by atoms with Gasteiger partial charge in [0.1, 0.15) is 10.7 Å². The van der Waals surface area contributed by atoms with E-state index in [4.69, 9.17) is 9.47 Å². The lowest BCUT2D eigenvalue weighted by Gasteiger charge is -2.09. The number of ether oxygens (including phenoxy) is 2. The highest BCUT2D eigenvalue weighted by Gasteiger charge is 2.20. The quantitative estimate of drug-likeness (QED) is 0.454. The van der Waals surface area contributed by atoms with E-state index in [0.29, 0.717) is 43.5 Å². The first kappa shape index (κ1) is 21.6. The van der Waals surface area contributed by atoms with Crippen LogP contribution in [0.15, 0.2) is 41.2 Å². The SMILES string of the molecule is COc1ccc(-c2nc3sc(C(=O)Nc4ccc(C)cc4C)c(C)c3c(=O)[nH]2)cc1OC. The van der Waals surface area contributed by atoms with Gasteiger partial charge in [-0.3, -0.25) is 9.59 Å². The van der Waals surface area contributed by atoms with E-state index < -0.39 is 0 Å². The Bertz CT molecular complexity index is 1400. The van der Waals surface area contributed by atoms with Gasteiger partial charge < -0.3 is 19.8 Å². The van der Waals surface area contributed by atoms with Crippen molar-refractivity contribution in [2.45, 2.75) is 20.8 Å². The van der Waals surface area contributed by atoms with Gasteiger partial charge in [-0.1, -0.05) is 17.7 Å². The molecule has 1 amide bonds. The molecule has 0 aliphatic heterocycles. The lowest BCUT2D eigenvalue weighted by Crippen LogP contribution is -2.13. The molecule has 32 heavy (non-hydrogen) atoms. The maximum Gasteiger partial charge on any atom is 0.266 e. The van der Waals surface area contributed by atoms with Crippen molar-refractivity contribution in [3.63, 3.8) is 0 Å². The molecule has 2 aromatic carbocycles. The number of nitrogens with zero attached hydrogens (tertiary/aromatic N) is 1. The minimum absolute atomic E-state index is 0.260. The van der Waals surface area contributed by atoms with E-state index in [2.05, 4.69) is 15.3 Å². The summed E-state index contributed by atoms with van der Waals surface area (Å²) in [6, 6.07) is 11.1. The maximum atomic E-state index is 13.0. The summed E-state index contributed by atoms with van der Waals surface area (Å²) in [6.45, 7) is 5.72. The molecule has 2 aromatic heterocycles. The minimum Gasteiger partial charge on any atom is -0.493 e. The molecular weight excluding hydrogens is 426 g/mol. The van der Waals surface area contributed by atoms with Crippen LogP contribution in [0.2, 0.25) is 0 Å². The fraction of sp³-hybridized carbons (Fsp3) is 0.208. The minimum atomic E-state index is -0.292. The Hall–Kier alpha value is -3.65. The van der Waals surface area contributed by atoms with Crippen molar-refractivity contribution in [2.24, 2.45) is 0 Å². The number of methoxy groups -OCH3 is 2. The number of rotatable bonds is 5. The van der Waals surface area contributed by atoms with Crippen molar-refractivity contribution in [2.75, 3.05) is 19.5 Å². The number of fused-ring (bicyclic) bond motifs is 1. The molecule has 4 aromatic rings. The van der Waals surface area contributed by atoms with Gasteiger partial charge in [0.05, 0.1) is 24.5 Å². The molecule has 0 fully saturated rings. The molecule has 2 N–H and O–H groups in total. The number of hydrogen-bond acceptors (Lipinski definition) is 6. The van der Waals surface area contributed by atoms with E-state index in [1.807, 2.05) is 32.0 Å². The van der Waals surface area contributed by atoms with Crippen LogP contribution in [0.25, 0.3) is 21.6 Å². The highest BCUT2D eigenvalue weighted by Crippen LogP contribution is 2.33. The van der Waals surface area contributed by atoms with Crippen LogP contribution in [0.4, 0.5) is 5.69 Å². The first-order valence-corrected chi connectivity index (χ1v) is 10.8. The number of benzene rings is 2. The van der Waals surface area contributed by atoms with Crippen LogP contribution in [0.5, 0.6) is 11.5 Å². The van der Waals surface area contributed by atoms with E-state index in [0.717, 1.165) is 16.8 Å². The van der Waals surface area contributed by atoms with E-state index >= 15 is 0 Å². The van der Waals surface area contributed by atoms with Crippen molar-refractivity contribution < 1.29 is 14.3 Å². The summed E-state index contributed by atoms with van der Waals surface area (Å²) in [7, 11) is 3.10. The van der Waals surface area contributed by atoms with Crippen molar-refractivity contribution >= 4 is 33.1 Å². The Kier molecular flexibility index (Phi) is 5.71. The van der Waals surface area contributed by atoms with Crippen LogP contribution in [0, 0.1) is 20.8 Å². The average molecular weight is 450 g/mol. The topological polar surface area (TPSA) is 93.3 Å². The number of anilines is 1. The number of hydrogen-bond donors (Lipinski definition) is 2. The highest BCUT2D eigenvalue weighted by molar-refractivity contribution is 7.20. The summed E-state index contributed by atoms with van der Waals surface area (Å²) >= 11 is 1.20. The van der Waals surface area contributed by atoms with Gasteiger partial charge in [0.25, 0.3) is 11.5 Å². The Morgan fingerprint density at radius 2 is 1.78 bits per heavy atom. The summed E-state index contributed by atoms with van der Waals surface area (Å²) in [5.41, 5.74) is 3.83. The number of aryl methyl sites for hydroxylation is 3. The van der Waals surface area contributed by atoms with Gasteiger partial charge in [0.15, 0.2) is 11.5 Å². The molecule has 0 radical (unpaired) electrons. The smallest absolute Gasteiger partial charge is 0.266 e. The number of nitrogens with one attached hydrogen (secondary N) is 2. The second kappa shape index (κ2) is 8.47. The molecule has 8 heteroatoms. The Labute approximate surface area is 189 Å². The fourth-order valence-electron chi connectivity index (χ4n) is 3.61. The summed E-state index contributed by atoms with van der Waals surface area (Å²) in [6.07, 6.45) is 0. The summed E-state index contributed by atoms with van der Waals surface area (Å²) < 4.78 is 10.6. The zero-order valence-corrected chi connectivity index (χ0v) is 19.3. The van der Waals surface area contributed by atoms with Gasteiger partial charge >= 0.3 is 0 Å². The van der Waals surface area contributed by atoms with Crippen LogP contribution in [0.1, 0.15) is 26.4 Å². The van der Waals surface area contributed by atoms with E-state index in [1.165, 1.54) is 11.3 Å². The molecule has 0 aliphatic carbocycles. The predicted octanol–water partition coefficient (Wildman–Crippen LogP) is 4.85. The summed E-state index contributed by atoms with van der Waals surface area (Å²) in [4.78, 5) is 34.3. The van der Waals surface area contributed by atoms with Gasteiger partial charge in [-0.2, -0.15) is 0 Å². The van der Waals surface area contributed by atoms with E-state index in [9.17, 15) is 9.59 Å². The van der Waals surface area contributed by atoms with Crippen LogP contribution in [-0.4, -0.2) is 30.1 Å². The molecule has 2 heterocycles. The van der Waals surface area contributed by atoms with Crippen LogP contribution < -0.4 is 20.3 Å². The fourth-order valence-corrected chi connectivity index (χ4v) is 4.69. The van der Waals surface area contributed by atoms with Gasteiger partial charge in [0, 0.05) is 11.3 Å². The summed E-state index contributed by atoms with van der Waals surface area (Å²) in [5.74, 6) is 1.25. The van der Waals surface area contributed by atoms with E-state index in [-0.39, 0.29) is 11.5 Å². The molecule has 7 nitrogen and oxygen atoms in total. The molecule has 0 spiro atoms. The Morgan fingerprint density at radius 3 is 2.47 bits per heavy atom. The van der Waals surface area contributed by atoms with Gasteiger partial charge in [-0.15, -0.1) is 11.3 Å². The largest absolute Gasteiger partial charge is 0.493 e. The molecule has 0 saturated heterocycles. The van der Waals surface area contributed by atoms with Crippen molar-refractivity contribution in [3.05, 3.63) is 68.3 Å². The number of amides is 1. The number of carbonyl (C=O) groups is 1. The molecule has 0 bridgehead atoms. The number of H-pyrrole nitrogens is 1. The maximum absolute atomic E-state index is 13.0. The third-order valence-corrected chi connectivity index (χ3v) is 6.48.